The summed E-state index contributed by atoms with van der Waals surface area (Å²) < 4.78 is 0. The van der Waals surface area contributed by atoms with Crippen LogP contribution >= 0.6 is 46.4 Å². The highest BCUT2D eigenvalue weighted by Crippen LogP contribution is 2.34. The summed E-state index contributed by atoms with van der Waals surface area (Å²) in [6.45, 7) is 0. The van der Waals surface area contributed by atoms with Gasteiger partial charge in [0.15, 0.2) is 0 Å². The molecule has 2 N–H and O–H groups in total. The Morgan fingerprint density at radius 1 is 0.950 bits per heavy atom. The number of hydrogen-bond donors (Lipinski definition) is 2. The third-order valence-electron chi connectivity index (χ3n) is 2.46. The molecule has 0 saturated carbocycles. The van der Waals surface area contributed by atoms with Crippen LogP contribution in [0.1, 0.15) is 10.4 Å². The van der Waals surface area contributed by atoms with Crippen LogP contribution in [0.4, 0.5) is 5.69 Å². The number of benzene rings is 2. The number of aromatic hydroxyl groups is 1. The molecule has 0 spiro atoms. The van der Waals surface area contributed by atoms with E-state index >= 15 is 0 Å². The van der Waals surface area contributed by atoms with Crippen LogP contribution in [0.5, 0.6) is 5.75 Å². The zero-order valence-electron chi connectivity index (χ0n) is 9.75. The third kappa shape index (κ3) is 3.30. The first-order chi connectivity index (χ1) is 9.38. The summed E-state index contributed by atoms with van der Waals surface area (Å²) in [4.78, 5) is 12.1. The minimum Gasteiger partial charge on any atom is -0.506 e. The molecular weight excluding hydrogens is 344 g/mol. The molecule has 0 unspecified atom stereocenters. The fourth-order valence-electron chi connectivity index (χ4n) is 1.50. The number of carbonyl (C=O) groups is 1. The summed E-state index contributed by atoms with van der Waals surface area (Å²) >= 11 is 23.5. The van der Waals surface area contributed by atoms with Gasteiger partial charge in [-0.25, -0.2) is 0 Å². The van der Waals surface area contributed by atoms with Crippen LogP contribution in [0, 0.1) is 0 Å². The van der Waals surface area contributed by atoms with Crippen LogP contribution in [-0.2, 0) is 0 Å². The average molecular weight is 351 g/mol. The molecule has 2 aromatic rings. The van der Waals surface area contributed by atoms with Gasteiger partial charge in [0.05, 0.1) is 20.8 Å². The largest absolute Gasteiger partial charge is 0.506 e. The number of phenolic OH excluding ortho intramolecular Hbond substituents is 1. The molecule has 2 rings (SSSR count). The lowest BCUT2D eigenvalue weighted by Crippen LogP contribution is -2.12. The summed E-state index contributed by atoms with van der Waals surface area (Å²) in [5.41, 5.74) is 0.516. The van der Waals surface area contributed by atoms with Gasteiger partial charge in [-0.2, -0.15) is 0 Å². The molecule has 0 bridgehead atoms. The molecule has 2 aromatic carbocycles. The van der Waals surface area contributed by atoms with Crippen LogP contribution in [0.3, 0.4) is 0 Å². The number of anilines is 1. The SMILES string of the molecule is O=C(Nc1c(Cl)cc(Cl)cc1Cl)c1ccc(O)c(Cl)c1. The Labute approximate surface area is 135 Å². The normalized spacial score (nSPS) is 10.4. The lowest BCUT2D eigenvalue weighted by Gasteiger charge is -2.10. The maximum atomic E-state index is 12.1. The fraction of sp³-hybridized carbons (Fsp3) is 0. The summed E-state index contributed by atoms with van der Waals surface area (Å²) in [5, 5.41) is 12.8. The van der Waals surface area contributed by atoms with Gasteiger partial charge in [0.1, 0.15) is 5.75 Å². The Kier molecular flexibility index (Phi) is 4.66. The van der Waals surface area contributed by atoms with Crippen molar-refractivity contribution in [2.45, 2.75) is 0 Å². The third-order valence-corrected chi connectivity index (χ3v) is 3.57. The maximum absolute atomic E-state index is 12.1. The summed E-state index contributed by atoms with van der Waals surface area (Å²) in [7, 11) is 0. The van der Waals surface area contributed by atoms with Crippen molar-refractivity contribution in [3.63, 3.8) is 0 Å². The van der Waals surface area contributed by atoms with Crippen molar-refractivity contribution in [1.29, 1.82) is 0 Å². The lowest BCUT2D eigenvalue weighted by molar-refractivity contribution is 0.102. The number of nitrogens with one attached hydrogen (secondary N) is 1. The van der Waals surface area contributed by atoms with Crippen molar-refractivity contribution >= 4 is 58.0 Å². The molecular formula is C13H7Cl4NO2. The molecule has 7 heteroatoms. The first kappa shape index (κ1) is 15.3. The molecule has 104 valence electrons. The Hall–Kier alpha value is -1.13. The molecule has 0 radical (unpaired) electrons. The van der Waals surface area contributed by atoms with Crippen LogP contribution in [0.15, 0.2) is 30.3 Å². The van der Waals surface area contributed by atoms with Gasteiger partial charge in [-0.1, -0.05) is 46.4 Å². The number of hydrogen-bond acceptors (Lipinski definition) is 2. The van der Waals surface area contributed by atoms with Crippen LogP contribution in [-0.4, -0.2) is 11.0 Å². The molecule has 0 heterocycles. The fourth-order valence-corrected chi connectivity index (χ4v) is 2.59. The van der Waals surface area contributed by atoms with Crippen molar-refractivity contribution in [2.24, 2.45) is 0 Å². The van der Waals surface area contributed by atoms with Gasteiger partial charge in [-0.05, 0) is 30.3 Å². The molecule has 0 aliphatic heterocycles. The first-order valence-electron chi connectivity index (χ1n) is 5.33. The Bertz CT molecular complexity index is 665. The van der Waals surface area contributed by atoms with Crippen molar-refractivity contribution in [1.82, 2.24) is 0 Å². The number of amides is 1. The minimum absolute atomic E-state index is 0.0750. The highest BCUT2D eigenvalue weighted by molar-refractivity contribution is 6.42. The van der Waals surface area contributed by atoms with E-state index < -0.39 is 5.91 Å². The smallest absolute Gasteiger partial charge is 0.255 e. The predicted molar refractivity (Wildman–Crippen MR) is 82.5 cm³/mol. The summed E-state index contributed by atoms with van der Waals surface area (Å²) in [6.07, 6.45) is 0. The van der Waals surface area contributed by atoms with Crippen molar-refractivity contribution in [2.75, 3.05) is 5.32 Å². The molecule has 0 aliphatic carbocycles. The molecule has 0 aromatic heterocycles. The van der Waals surface area contributed by atoms with Gasteiger partial charge in [0.2, 0.25) is 0 Å². The van der Waals surface area contributed by atoms with Gasteiger partial charge >= 0.3 is 0 Å². The van der Waals surface area contributed by atoms with Crippen molar-refractivity contribution in [3.8, 4) is 5.75 Å². The van der Waals surface area contributed by atoms with E-state index in [4.69, 9.17) is 46.4 Å². The second-order valence-electron chi connectivity index (χ2n) is 3.86. The number of rotatable bonds is 2. The van der Waals surface area contributed by atoms with Crippen LogP contribution < -0.4 is 5.32 Å². The topological polar surface area (TPSA) is 49.3 Å². The maximum Gasteiger partial charge on any atom is 0.255 e. The molecule has 1 amide bonds. The van der Waals surface area contributed by atoms with Crippen LogP contribution in [0.2, 0.25) is 20.1 Å². The van der Waals surface area contributed by atoms with Gasteiger partial charge in [0.25, 0.3) is 5.91 Å². The van der Waals surface area contributed by atoms with E-state index in [2.05, 4.69) is 5.32 Å². The lowest BCUT2D eigenvalue weighted by atomic mass is 10.2. The Morgan fingerprint density at radius 3 is 2.10 bits per heavy atom. The minimum atomic E-state index is -0.460. The standard InChI is InChI=1S/C13H7Cl4NO2/c14-7-4-9(16)12(10(17)5-7)18-13(20)6-1-2-11(19)8(15)3-6/h1-5,19H,(H,18,20). The zero-order valence-corrected chi connectivity index (χ0v) is 12.8. The molecule has 0 saturated heterocycles. The van der Waals surface area contributed by atoms with Crippen molar-refractivity contribution in [3.05, 3.63) is 56.0 Å². The zero-order chi connectivity index (χ0) is 14.9. The van der Waals surface area contributed by atoms with Crippen LogP contribution in [0.25, 0.3) is 0 Å². The highest BCUT2D eigenvalue weighted by atomic mass is 35.5. The van der Waals surface area contributed by atoms with E-state index in [1.807, 2.05) is 0 Å². The average Bonchev–Trinajstić information content (AvgIpc) is 2.36. The number of phenols is 1. The van der Waals surface area contributed by atoms with E-state index in [-0.39, 0.29) is 32.1 Å². The highest BCUT2D eigenvalue weighted by Gasteiger charge is 2.13. The van der Waals surface area contributed by atoms with Crippen molar-refractivity contribution < 1.29 is 9.90 Å². The Morgan fingerprint density at radius 2 is 1.55 bits per heavy atom. The summed E-state index contributed by atoms with van der Waals surface area (Å²) in [6, 6.07) is 7.02. The monoisotopic (exact) mass is 349 g/mol. The number of carbonyl (C=O) groups excluding carboxylic acids is 1. The number of halogens is 4. The van der Waals surface area contributed by atoms with E-state index in [1.165, 1.54) is 30.3 Å². The molecule has 0 aliphatic rings. The van der Waals surface area contributed by atoms with Gasteiger partial charge in [-0.15, -0.1) is 0 Å². The molecule has 0 fully saturated rings. The molecule has 20 heavy (non-hydrogen) atoms. The van der Waals surface area contributed by atoms with Gasteiger partial charge in [-0.3, -0.25) is 4.79 Å². The second kappa shape index (κ2) is 6.10. The first-order valence-corrected chi connectivity index (χ1v) is 6.84. The van der Waals surface area contributed by atoms with Gasteiger partial charge < -0.3 is 10.4 Å². The Balaban J connectivity index is 2.30. The van der Waals surface area contributed by atoms with E-state index in [0.29, 0.717) is 5.02 Å². The summed E-state index contributed by atoms with van der Waals surface area (Å²) in [5.74, 6) is -0.566. The van der Waals surface area contributed by atoms with E-state index in [0.717, 1.165) is 0 Å². The van der Waals surface area contributed by atoms with E-state index in [9.17, 15) is 9.90 Å². The second-order valence-corrected chi connectivity index (χ2v) is 5.52. The molecule has 3 nitrogen and oxygen atoms in total. The molecule has 0 atom stereocenters. The van der Waals surface area contributed by atoms with E-state index in [1.54, 1.807) is 0 Å². The predicted octanol–water partition coefficient (Wildman–Crippen LogP) is 5.26. The quantitative estimate of drug-likeness (QED) is 0.776. The van der Waals surface area contributed by atoms with Gasteiger partial charge in [0, 0.05) is 10.6 Å².